The van der Waals surface area contributed by atoms with Gasteiger partial charge in [0.1, 0.15) is 0 Å². The molecule has 0 aliphatic rings. The van der Waals surface area contributed by atoms with Crippen molar-refractivity contribution in [1.82, 2.24) is 0 Å². The average Bonchev–Trinajstić information content (AvgIpc) is 3.02. The van der Waals surface area contributed by atoms with Crippen molar-refractivity contribution in [3.8, 4) is 0 Å². The van der Waals surface area contributed by atoms with Gasteiger partial charge in [0.05, 0.1) is 6.42 Å². The molecule has 134 valence electrons. The quantitative estimate of drug-likeness (QED) is 0.674. The molecule has 1 aromatic heterocycles. The number of nitrogens with one attached hydrogen (secondary N) is 1. The van der Waals surface area contributed by atoms with E-state index in [-0.39, 0.29) is 17.3 Å². The van der Waals surface area contributed by atoms with Crippen molar-refractivity contribution < 1.29 is 27.5 Å². The van der Waals surface area contributed by atoms with Gasteiger partial charge in [-0.25, -0.2) is 8.42 Å². The van der Waals surface area contributed by atoms with E-state index in [2.05, 4.69) is 5.32 Å². The number of sulfone groups is 1. The fourth-order valence-corrected chi connectivity index (χ4v) is 3.36. The van der Waals surface area contributed by atoms with Crippen LogP contribution in [0.2, 0.25) is 0 Å². The lowest BCUT2D eigenvalue weighted by Gasteiger charge is -2.06. The van der Waals surface area contributed by atoms with Crippen molar-refractivity contribution in [2.24, 2.45) is 0 Å². The number of carboxylic acids is 1. The summed E-state index contributed by atoms with van der Waals surface area (Å²) in [5.41, 5.74) is 1.48. The van der Waals surface area contributed by atoms with Crippen molar-refractivity contribution in [2.45, 2.75) is 17.3 Å². The zero-order chi connectivity index (χ0) is 18.4. The van der Waals surface area contributed by atoms with Gasteiger partial charge in [-0.3, -0.25) is 9.59 Å². The van der Waals surface area contributed by atoms with E-state index in [4.69, 9.17) is 9.52 Å². The third-order valence-electron chi connectivity index (χ3n) is 3.08. The standard InChI is InChI=1S/C16H17NO6S2/c1-25(21,22)15-6-5-13(23-15)16(20)17-12-4-2-3-11(9-12)10-24-8-7-14(18)19/h2-6,9H,7-8,10H2,1H3,(H,17,20)(H,18,19). The highest BCUT2D eigenvalue weighted by molar-refractivity contribution is 7.98. The summed E-state index contributed by atoms with van der Waals surface area (Å²) in [6.07, 6.45) is 1.10. The van der Waals surface area contributed by atoms with Gasteiger partial charge in [0, 0.05) is 23.4 Å². The maximum absolute atomic E-state index is 12.1. The predicted molar refractivity (Wildman–Crippen MR) is 94.6 cm³/mol. The maximum Gasteiger partial charge on any atom is 0.304 e. The highest BCUT2D eigenvalue weighted by Gasteiger charge is 2.17. The van der Waals surface area contributed by atoms with E-state index in [0.717, 1.165) is 11.8 Å². The Morgan fingerprint density at radius 2 is 2.00 bits per heavy atom. The van der Waals surface area contributed by atoms with Gasteiger partial charge in [-0.1, -0.05) is 12.1 Å². The summed E-state index contributed by atoms with van der Waals surface area (Å²) in [6, 6.07) is 9.65. The Kier molecular flexibility index (Phi) is 6.27. The topological polar surface area (TPSA) is 114 Å². The predicted octanol–water partition coefficient (Wildman–Crippen LogP) is 2.64. The first-order valence-corrected chi connectivity index (χ1v) is 10.3. The second kappa shape index (κ2) is 8.21. The minimum atomic E-state index is -3.51. The molecule has 0 aliphatic carbocycles. The molecule has 2 rings (SSSR count). The number of thioether (sulfide) groups is 1. The van der Waals surface area contributed by atoms with Crippen LogP contribution in [0.25, 0.3) is 0 Å². The lowest BCUT2D eigenvalue weighted by molar-refractivity contribution is -0.136. The van der Waals surface area contributed by atoms with Crippen LogP contribution in [0, 0.1) is 0 Å². The van der Waals surface area contributed by atoms with Crippen molar-refractivity contribution >= 4 is 39.2 Å². The fourth-order valence-electron chi connectivity index (χ4n) is 1.92. The van der Waals surface area contributed by atoms with Crippen LogP contribution in [-0.2, 0) is 20.4 Å². The van der Waals surface area contributed by atoms with Gasteiger partial charge < -0.3 is 14.8 Å². The van der Waals surface area contributed by atoms with Crippen molar-refractivity contribution in [3.63, 3.8) is 0 Å². The number of furan rings is 1. The van der Waals surface area contributed by atoms with Crippen LogP contribution in [0.15, 0.2) is 45.9 Å². The largest absolute Gasteiger partial charge is 0.481 e. The Labute approximate surface area is 149 Å². The van der Waals surface area contributed by atoms with Gasteiger partial charge in [0.15, 0.2) is 5.76 Å². The van der Waals surface area contributed by atoms with Gasteiger partial charge >= 0.3 is 5.97 Å². The highest BCUT2D eigenvalue weighted by atomic mass is 32.2. The molecule has 1 heterocycles. The second-order valence-electron chi connectivity index (χ2n) is 5.24. The van der Waals surface area contributed by atoms with Crippen molar-refractivity contribution in [1.29, 1.82) is 0 Å². The van der Waals surface area contributed by atoms with E-state index in [1.165, 1.54) is 23.9 Å². The van der Waals surface area contributed by atoms with E-state index in [1.807, 2.05) is 6.07 Å². The number of benzene rings is 1. The number of carboxylic acid groups (broad SMARTS) is 1. The number of carbonyl (C=O) groups excluding carboxylic acids is 1. The minimum absolute atomic E-state index is 0.0957. The number of rotatable bonds is 8. The lowest BCUT2D eigenvalue weighted by atomic mass is 10.2. The molecule has 0 unspecified atom stereocenters. The molecule has 0 fully saturated rings. The molecule has 1 amide bonds. The van der Waals surface area contributed by atoms with Crippen LogP contribution < -0.4 is 5.32 Å². The molecule has 0 saturated carbocycles. The third kappa shape index (κ3) is 5.95. The van der Waals surface area contributed by atoms with Crippen LogP contribution >= 0.6 is 11.8 Å². The Morgan fingerprint density at radius 3 is 2.64 bits per heavy atom. The van der Waals surface area contributed by atoms with Crippen LogP contribution in [0.1, 0.15) is 22.5 Å². The molecule has 0 radical (unpaired) electrons. The van der Waals surface area contributed by atoms with Gasteiger partial charge in [0.2, 0.25) is 14.9 Å². The zero-order valence-electron chi connectivity index (χ0n) is 13.4. The molecule has 0 spiro atoms. The first-order chi connectivity index (χ1) is 11.8. The molecule has 9 heteroatoms. The molecule has 2 aromatic rings. The van der Waals surface area contributed by atoms with Gasteiger partial charge in [-0.05, 0) is 29.8 Å². The Bertz CT molecular complexity index is 872. The zero-order valence-corrected chi connectivity index (χ0v) is 15.0. The monoisotopic (exact) mass is 383 g/mol. The molecule has 0 saturated heterocycles. The third-order valence-corrected chi connectivity index (χ3v) is 5.07. The number of hydrogen-bond donors (Lipinski definition) is 2. The van der Waals surface area contributed by atoms with Gasteiger partial charge in [-0.2, -0.15) is 11.8 Å². The normalized spacial score (nSPS) is 11.2. The summed E-state index contributed by atoms with van der Waals surface area (Å²) in [7, 11) is -3.51. The molecule has 2 N–H and O–H groups in total. The van der Waals surface area contributed by atoms with E-state index >= 15 is 0 Å². The lowest BCUT2D eigenvalue weighted by Crippen LogP contribution is -2.11. The summed E-state index contributed by atoms with van der Waals surface area (Å²) in [4.78, 5) is 22.6. The van der Waals surface area contributed by atoms with E-state index in [0.29, 0.717) is 17.2 Å². The summed E-state index contributed by atoms with van der Waals surface area (Å²) in [5.74, 6) is -0.351. The molecule has 7 nitrogen and oxygen atoms in total. The number of carbonyl (C=O) groups is 2. The molecule has 0 bridgehead atoms. The minimum Gasteiger partial charge on any atom is -0.481 e. The van der Waals surface area contributed by atoms with Crippen molar-refractivity contribution in [3.05, 3.63) is 47.7 Å². The molecular weight excluding hydrogens is 366 g/mol. The number of amides is 1. The SMILES string of the molecule is CS(=O)(=O)c1ccc(C(=O)Nc2cccc(CSCCC(=O)O)c2)o1. The molecule has 25 heavy (non-hydrogen) atoms. The van der Waals surface area contributed by atoms with Crippen LogP contribution in [0.5, 0.6) is 0 Å². The molecule has 0 atom stereocenters. The molecule has 0 aliphatic heterocycles. The molecular formula is C16H17NO6S2. The van der Waals surface area contributed by atoms with E-state index in [9.17, 15) is 18.0 Å². The van der Waals surface area contributed by atoms with Crippen molar-refractivity contribution in [2.75, 3.05) is 17.3 Å². The maximum atomic E-state index is 12.1. The Hall–Kier alpha value is -2.26. The van der Waals surface area contributed by atoms with Crippen LogP contribution in [0.3, 0.4) is 0 Å². The second-order valence-corrected chi connectivity index (χ2v) is 8.29. The molecule has 1 aromatic carbocycles. The van der Waals surface area contributed by atoms with E-state index in [1.54, 1.807) is 18.2 Å². The summed E-state index contributed by atoms with van der Waals surface area (Å²) >= 11 is 1.49. The number of anilines is 1. The summed E-state index contributed by atoms with van der Waals surface area (Å²) in [6.45, 7) is 0. The Balaban J connectivity index is 1.98. The number of aliphatic carboxylic acids is 1. The van der Waals surface area contributed by atoms with Crippen LogP contribution in [0.4, 0.5) is 5.69 Å². The summed E-state index contributed by atoms with van der Waals surface area (Å²) in [5, 5.41) is 11.0. The van der Waals surface area contributed by atoms with Gasteiger partial charge in [-0.15, -0.1) is 0 Å². The van der Waals surface area contributed by atoms with Gasteiger partial charge in [0.25, 0.3) is 5.91 Å². The number of hydrogen-bond acceptors (Lipinski definition) is 6. The highest BCUT2D eigenvalue weighted by Crippen LogP contribution is 2.19. The first-order valence-electron chi connectivity index (χ1n) is 7.25. The van der Waals surface area contributed by atoms with Crippen LogP contribution in [-0.4, -0.2) is 37.4 Å². The smallest absolute Gasteiger partial charge is 0.304 e. The fraction of sp³-hybridized carbons (Fsp3) is 0.250. The first kappa shape index (κ1) is 19.1. The Morgan fingerprint density at radius 1 is 1.24 bits per heavy atom. The average molecular weight is 383 g/mol. The summed E-state index contributed by atoms with van der Waals surface area (Å²) < 4.78 is 27.8. The van der Waals surface area contributed by atoms with E-state index < -0.39 is 21.7 Å².